The average Bonchev–Trinajstić information content (AvgIpc) is 2.60. The Morgan fingerprint density at radius 2 is 1.88 bits per heavy atom. The van der Waals surface area contributed by atoms with E-state index in [4.69, 9.17) is 16.0 Å². The van der Waals surface area contributed by atoms with Crippen LogP contribution < -0.4 is 22.1 Å². The van der Waals surface area contributed by atoms with Crippen molar-refractivity contribution in [2.45, 2.75) is 18.1 Å². The molecule has 1 heterocycles. The van der Waals surface area contributed by atoms with E-state index in [0.717, 1.165) is 0 Å². The molecule has 1 saturated heterocycles. The first-order chi connectivity index (χ1) is 12.1. The lowest BCUT2D eigenvalue weighted by atomic mass is 10.0. The molecule has 0 spiro atoms. The van der Waals surface area contributed by atoms with Crippen molar-refractivity contribution in [2.75, 3.05) is 13.1 Å². The van der Waals surface area contributed by atoms with Crippen LogP contribution in [0.3, 0.4) is 0 Å². The van der Waals surface area contributed by atoms with Gasteiger partial charge in [0.05, 0.1) is 12.6 Å². The minimum absolute atomic E-state index is 0.126. The molecule has 3 amide bonds. The van der Waals surface area contributed by atoms with Crippen LogP contribution in [0.5, 0.6) is 0 Å². The second kappa shape index (κ2) is 7.78. The molecule has 26 heavy (non-hydrogen) atoms. The van der Waals surface area contributed by atoms with E-state index in [-0.39, 0.29) is 10.8 Å². The molecule has 1 aliphatic rings. The van der Waals surface area contributed by atoms with Gasteiger partial charge in [0.25, 0.3) is 5.91 Å². The van der Waals surface area contributed by atoms with Gasteiger partial charge < -0.3 is 22.1 Å². The number of hydrogen-bond acceptors (Lipinski definition) is 7. The van der Waals surface area contributed by atoms with E-state index in [1.54, 1.807) is 30.3 Å². The number of benzene rings is 1. The van der Waals surface area contributed by atoms with Gasteiger partial charge >= 0.3 is 10.3 Å². The molecule has 1 aliphatic heterocycles. The lowest BCUT2D eigenvalue weighted by Gasteiger charge is -2.36. The highest BCUT2D eigenvalue weighted by molar-refractivity contribution is 7.84. The summed E-state index contributed by atoms with van der Waals surface area (Å²) in [5.41, 5.74) is 11.3. The highest BCUT2D eigenvalue weighted by Crippen LogP contribution is 2.17. The van der Waals surface area contributed by atoms with Crippen molar-refractivity contribution in [1.29, 1.82) is 0 Å². The van der Waals surface area contributed by atoms with Crippen LogP contribution in [0.4, 0.5) is 0 Å². The Morgan fingerprint density at radius 3 is 2.38 bits per heavy atom. The van der Waals surface area contributed by atoms with E-state index in [1.807, 2.05) is 0 Å². The van der Waals surface area contributed by atoms with Gasteiger partial charge in [0.1, 0.15) is 12.1 Å². The fourth-order valence-electron chi connectivity index (χ4n) is 2.27. The topological polar surface area (TPSA) is 185 Å². The molecule has 0 aliphatic carbocycles. The van der Waals surface area contributed by atoms with Crippen LogP contribution in [0.2, 0.25) is 0 Å². The summed E-state index contributed by atoms with van der Waals surface area (Å²) >= 11 is 0. The van der Waals surface area contributed by atoms with E-state index in [2.05, 4.69) is 10.6 Å². The van der Waals surface area contributed by atoms with Crippen molar-refractivity contribution in [3.63, 3.8) is 0 Å². The third kappa shape index (κ3) is 4.35. The number of rotatable bonds is 7. The van der Waals surface area contributed by atoms with E-state index in [0.29, 0.717) is 5.56 Å². The van der Waals surface area contributed by atoms with Gasteiger partial charge in [-0.15, -0.1) is 0 Å². The summed E-state index contributed by atoms with van der Waals surface area (Å²) in [5.74, 6) is -2.37. The largest absolute Gasteiger partial charge is 0.362 e. The van der Waals surface area contributed by atoms with Crippen molar-refractivity contribution < 1.29 is 27.4 Å². The minimum Gasteiger partial charge on any atom is -0.341 e. The fraction of sp³-hybridized carbons (Fsp3) is 0.357. The van der Waals surface area contributed by atoms with Gasteiger partial charge in [-0.05, 0) is 5.56 Å². The Hall–Kier alpha value is -2.54. The molecule has 2 unspecified atom stereocenters. The average molecular weight is 385 g/mol. The lowest BCUT2D eigenvalue weighted by molar-refractivity contribution is -0.141. The van der Waals surface area contributed by atoms with Gasteiger partial charge in [-0.2, -0.15) is 8.42 Å². The molecule has 11 nitrogen and oxygen atoms in total. The van der Waals surface area contributed by atoms with Crippen molar-refractivity contribution in [3.05, 3.63) is 35.9 Å². The molecule has 0 bridgehead atoms. The van der Waals surface area contributed by atoms with E-state index in [9.17, 15) is 22.8 Å². The Kier molecular flexibility index (Phi) is 5.92. The first kappa shape index (κ1) is 19.8. The number of carbonyl (C=O) groups excluding carboxylic acids is 3. The quantitative estimate of drug-likeness (QED) is 0.247. The minimum atomic E-state index is -4.66. The van der Waals surface area contributed by atoms with E-state index < -0.39 is 52.7 Å². The summed E-state index contributed by atoms with van der Waals surface area (Å²) < 4.78 is 30.9. The maximum atomic E-state index is 12.5. The van der Waals surface area contributed by atoms with Gasteiger partial charge in [-0.3, -0.25) is 18.9 Å². The molecule has 142 valence electrons. The second-order valence-corrected chi connectivity index (χ2v) is 6.94. The Morgan fingerprint density at radius 1 is 1.27 bits per heavy atom. The Labute approximate surface area is 149 Å². The highest BCUT2D eigenvalue weighted by atomic mass is 32.2. The maximum Gasteiger partial charge on any atom is 0.362 e. The van der Waals surface area contributed by atoms with Crippen LogP contribution in [-0.4, -0.2) is 60.2 Å². The normalized spacial score (nSPS) is 19.3. The molecule has 0 saturated carbocycles. The molecule has 12 heteroatoms. The molecule has 0 aromatic heterocycles. The summed E-state index contributed by atoms with van der Waals surface area (Å²) in [4.78, 5) is 36.2. The van der Waals surface area contributed by atoms with Gasteiger partial charge in [-0.1, -0.05) is 30.3 Å². The van der Waals surface area contributed by atoms with Crippen LogP contribution in [0, 0.1) is 0 Å². The number of carbonyl (C=O) groups is 3. The Balaban J connectivity index is 2.12. The van der Waals surface area contributed by atoms with Crippen LogP contribution >= 0.6 is 0 Å². The van der Waals surface area contributed by atoms with Gasteiger partial charge in [0.15, 0.2) is 0 Å². The molecular formula is C14H19N5O6S. The predicted octanol–water partition coefficient (Wildman–Crippen LogP) is -2.74. The summed E-state index contributed by atoms with van der Waals surface area (Å²) in [7, 11) is -4.66. The summed E-state index contributed by atoms with van der Waals surface area (Å²) in [6.45, 7) is -0.527. The maximum absolute atomic E-state index is 12.5. The van der Waals surface area contributed by atoms with E-state index >= 15 is 0 Å². The summed E-state index contributed by atoms with van der Waals surface area (Å²) in [6.07, 6.45) is 0. The SMILES string of the molecule is NCC(N)C(=O)N[C@@H](C(=O)NC1CN(S(=O)(=O)O)C1=O)c1ccccc1. The number of hydrogen-bond donors (Lipinski definition) is 5. The molecule has 7 N–H and O–H groups in total. The van der Waals surface area contributed by atoms with E-state index in [1.165, 1.54) is 0 Å². The number of nitrogens with one attached hydrogen (secondary N) is 2. The van der Waals surface area contributed by atoms with Gasteiger partial charge in [-0.25, -0.2) is 4.31 Å². The summed E-state index contributed by atoms with van der Waals surface area (Å²) in [6, 6.07) is 4.89. The second-order valence-electron chi connectivity index (χ2n) is 5.60. The first-order valence-electron chi connectivity index (χ1n) is 7.55. The zero-order chi connectivity index (χ0) is 19.5. The molecule has 1 aromatic carbocycles. The summed E-state index contributed by atoms with van der Waals surface area (Å²) in [5, 5.41) is 4.78. The van der Waals surface area contributed by atoms with Crippen LogP contribution in [-0.2, 0) is 24.7 Å². The molecule has 2 rings (SSSR count). The van der Waals surface area contributed by atoms with Crippen molar-refractivity contribution in [2.24, 2.45) is 11.5 Å². The van der Waals surface area contributed by atoms with Crippen molar-refractivity contribution in [1.82, 2.24) is 14.9 Å². The number of β-lactam (4-membered cyclic amide) rings is 1. The Bertz CT molecular complexity index is 799. The van der Waals surface area contributed by atoms with Gasteiger partial charge in [0.2, 0.25) is 11.8 Å². The molecular weight excluding hydrogens is 366 g/mol. The van der Waals surface area contributed by atoms with Crippen LogP contribution in [0.15, 0.2) is 30.3 Å². The monoisotopic (exact) mass is 385 g/mol. The molecule has 3 atom stereocenters. The fourth-order valence-corrected chi connectivity index (χ4v) is 2.96. The predicted molar refractivity (Wildman–Crippen MR) is 89.5 cm³/mol. The smallest absolute Gasteiger partial charge is 0.341 e. The molecule has 0 radical (unpaired) electrons. The standard InChI is InChI=1S/C14H19N5O6S/c15-6-9(16)12(20)18-11(8-4-2-1-3-5-8)13(21)17-10-7-19(14(10)22)26(23,24)25/h1-5,9-11H,6-7,15-16H2,(H,17,21)(H,18,20)(H,23,24,25)/t9?,10?,11-/m1/s1. The third-order valence-electron chi connectivity index (χ3n) is 3.76. The van der Waals surface area contributed by atoms with Crippen molar-refractivity contribution in [3.8, 4) is 0 Å². The zero-order valence-corrected chi connectivity index (χ0v) is 14.3. The zero-order valence-electron chi connectivity index (χ0n) is 13.5. The highest BCUT2D eigenvalue weighted by Gasteiger charge is 2.45. The van der Waals surface area contributed by atoms with Crippen LogP contribution in [0.25, 0.3) is 0 Å². The number of nitrogens with zero attached hydrogens (tertiary/aromatic N) is 1. The van der Waals surface area contributed by atoms with Crippen LogP contribution in [0.1, 0.15) is 11.6 Å². The molecule has 1 fully saturated rings. The lowest BCUT2D eigenvalue weighted by Crippen LogP contribution is -2.66. The first-order valence-corrected chi connectivity index (χ1v) is 8.95. The third-order valence-corrected chi connectivity index (χ3v) is 4.65. The van der Waals surface area contributed by atoms with Gasteiger partial charge in [0, 0.05) is 6.54 Å². The number of nitrogens with two attached hydrogens (primary N) is 2. The molecule has 1 aromatic rings. The van der Waals surface area contributed by atoms with Crippen molar-refractivity contribution >= 4 is 28.0 Å². The number of amides is 3.